The quantitative estimate of drug-likeness (QED) is 0.837. The zero-order valence-electron chi connectivity index (χ0n) is 12.0. The van der Waals surface area contributed by atoms with Crippen LogP contribution in [-0.4, -0.2) is 44.7 Å². The lowest BCUT2D eigenvalue weighted by molar-refractivity contribution is 0.384. The molecule has 1 fully saturated rings. The molecule has 0 atom stereocenters. The van der Waals surface area contributed by atoms with Crippen LogP contribution in [0.2, 0.25) is 0 Å². The molecule has 2 N–H and O–H groups in total. The molecule has 0 saturated carbocycles. The Labute approximate surface area is 121 Å². The van der Waals surface area contributed by atoms with Crippen molar-refractivity contribution >= 4 is 21.4 Å². The summed E-state index contributed by atoms with van der Waals surface area (Å²) in [7, 11) is -3.08. The van der Waals surface area contributed by atoms with E-state index in [-0.39, 0.29) is 5.75 Å². The van der Waals surface area contributed by atoms with E-state index in [1.54, 1.807) is 4.31 Å². The molecule has 5 nitrogen and oxygen atoms in total. The van der Waals surface area contributed by atoms with Crippen LogP contribution in [0.25, 0.3) is 0 Å². The number of nitrogens with zero attached hydrogens (tertiary/aromatic N) is 2. The summed E-state index contributed by atoms with van der Waals surface area (Å²) < 4.78 is 25.9. The van der Waals surface area contributed by atoms with Gasteiger partial charge in [0.1, 0.15) is 0 Å². The second-order valence-corrected chi connectivity index (χ2v) is 7.24. The first kappa shape index (κ1) is 15.1. The van der Waals surface area contributed by atoms with E-state index in [9.17, 15) is 8.42 Å². The molecule has 112 valence electrons. The number of nitrogens with two attached hydrogens (primary N) is 1. The van der Waals surface area contributed by atoms with E-state index in [1.165, 1.54) is 0 Å². The van der Waals surface area contributed by atoms with Gasteiger partial charge in [0.25, 0.3) is 0 Å². The Kier molecular flexibility index (Phi) is 4.88. The average Bonchev–Trinajstić information content (AvgIpc) is 2.45. The van der Waals surface area contributed by atoms with Crippen molar-refractivity contribution in [1.29, 1.82) is 0 Å². The molecule has 0 aromatic heterocycles. The molecule has 1 aromatic carbocycles. The zero-order valence-corrected chi connectivity index (χ0v) is 12.8. The fraction of sp³-hybridized carbons (Fsp3) is 0.571. The largest absolute Gasteiger partial charge is 0.399 e. The van der Waals surface area contributed by atoms with Crippen molar-refractivity contribution in [2.45, 2.75) is 19.8 Å². The Morgan fingerprint density at radius 2 is 1.90 bits per heavy atom. The Balaban J connectivity index is 1.95. The minimum Gasteiger partial charge on any atom is -0.399 e. The maximum absolute atomic E-state index is 12.1. The van der Waals surface area contributed by atoms with Gasteiger partial charge in [-0.2, -0.15) is 4.31 Å². The molecule has 0 amide bonds. The summed E-state index contributed by atoms with van der Waals surface area (Å²) >= 11 is 0. The first-order valence-electron chi connectivity index (χ1n) is 7.11. The first-order chi connectivity index (χ1) is 9.53. The first-order valence-corrected chi connectivity index (χ1v) is 8.72. The fourth-order valence-corrected chi connectivity index (χ4v) is 4.03. The molecule has 0 spiro atoms. The van der Waals surface area contributed by atoms with Crippen molar-refractivity contribution in [3.8, 4) is 0 Å². The van der Waals surface area contributed by atoms with Gasteiger partial charge in [0.05, 0.1) is 5.75 Å². The third-order valence-electron chi connectivity index (χ3n) is 3.62. The van der Waals surface area contributed by atoms with E-state index in [0.29, 0.717) is 13.1 Å². The van der Waals surface area contributed by atoms with Gasteiger partial charge >= 0.3 is 0 Å². The van der Waals surface area contributed by atoms with Gasteiger partial charge < -0.3 is 10.6 Å². The summed E-state index contributed by atoms with van der Waals surface area (Å²) in [5.74, 6) is 0.266. The molecule has 0 bridgehead atoms. The molecule has 0 aliphatic carbocycles. The number of unbranched alkanes of at least 4 members (excludes halogenated alkanes) is 1. The lowest BCUT2D eigenvalue weighted by Gasteiger charge is -2.35. The van der Waals surface area contributed by atoms with E-state index in [4.69, 9.17) is 5.73 Å². The highest BCUT2D eigenvalue weighted by Crippen LogP contribution is 2.20. The Bertz CT molecular complexity index is 537. The summed E-state index contributed by atoms with van der Waals surface area (Å²) in [6.07, 6.45) is 1.64. The van der Waals surface area contributed by atoms with Crippen molar-refractivity contribution in [2.75, 3.05) is 42.6 Å². The molecular formula is C14H23N3O2S. The van der Waals surface area contributed by atoms with Gasteiger partial charge in [-0.3, -0.25) is 0 Å². The monoisotopic (exact) mass is 297 g/mol. The molecule has 0 unspecified atom stereocenters. The Morgan fingerprint density at radius 1 is 1.20 bits per heavy atom. The summed E-state index contributed by atoms with van der Waals surface area (Å²) in [5.41, 5.74) is 7.59. The highest BCUT2D eigenvalue weighted by atomic mass is 32.2. The molecule has 1 saturated heterocycles. The lowest BCUT2D eigenvalue weighted by Crippen LogP contribution is -2.49. The van der Waals surface area contributed by atoms with Crippen molar-refractivity contribution in [3.05, 3.63) is 24.3 Å². The van der Waals surface area contributed by atoms with Crippen LogP contribution in [0.3, 0.4) is 0 Å². The lowest BCUT2D eigenvalue weighted by atomic mass is 10.2. The van der Waals surface area contributed by atoms with Crippen LogP contribution in [0.1, 0.15) is 19.8 Å². The number of anilines is 2. The number of piperazine rings is 1. The second-order valence-electron chi connectivity index (χ2n) is 5.15. The van der Waals surface area contributed by atoms with Gasteiger partial charge in [0.15, 0.2) is 0 Å². The van der Waals surface area contributed by atoms with Crippen molar-refractivity contribution in [2.24, 2.45) is 0 Å². The van der Waals surface area contributed by atoms with Crippen LogP contribution in [0.15, 0.2) is 24.3 Å². The molecule has 1 heterocycles. The minimum atomic E-state index is -3.08. The Hall–Kier alpha value is -1.27. The summed E-state index contributed by atoms with van der Waals surface area (Å²) in [6.45, 7) is 4.55. The summed E-state index contributed by atoms with van der Waals surface area (Å²) in [4.78, 5) is 2.18. The van der Waals surface area contributed by atoms with Crippen LogP contribution in [-0.2, 0) is 10.0 Å². The van der Waals surface area contributed by atoms with Gasteiger partial charge in [-0.05, 0) is 24.6 Å². The van der Waals surface area contributed by atoms with Gasteiger partial charge in [-0.25, -0.2) is 8.42 Å². The summed E-state index contributed by atoms with van der Waals surface area (Å²) in [6, 6.07) is 7.73. The van der Waals surface area contributed by atoms with Crippen LogP contribution in [0.4, 0.5) is 11.4 Å². The molecule has 2 rings (SSSR count). The minimum absolute atomic E-state index is 0.266. The Morgan fingerprint density at radius 3 is 2.50 bits per heavy atom. The molecule has 0 radical (unpaired) electrons. The molecule has 1 aliphatic heterocycles. The number of hydrogen-bond donors (Lipinski definition) is 1. The molecule has 6 heteroatoms. The van der Waals surface area contributed by atoms with Crippen LogP contribution in [0.5, 0.6) is 0 Å². The van der Waals surface area contributed by atoms with E-state index in [1.807, 2.05) is 31.2 Å². The average molecular weight is 297 g/mol. The zero-order chi connectivity index (χ0) is 14.6. The van der Waals surface area contributed by atoms with Gasteiger partial charge in [0, 0.05) is 37.6 Å². The van der Waals surface area contributed by atoms with Crippen molar-refractivity contribution in [3.63, 3.8) is 0 Å². The van der Waals surface area contributed by atoms with Crippen molar-refractivity contribution < 1.29 is 8.42 Å². The number of sulfonamides is 1. The van der Waals surface area contributed by atoms with E-state index in [2.05, 4.69) is 4.90 Å². The van der Waals surface area contributed by atoms with Gasteiger partial charge in [0.2, 0.25) is 10.0 Å². The predicted molar refractivity (Wildman–Crippen MR) is 83.3 cm³/mol. The molecule has 1 aromatic rings. The van der Waals surface area contributed by atoms with Gasteiger partial charge in [-0.1, -0.05) is 19.4 Å². The van der Waals surface area contributed by atoms with Crippen LogP contribution >= 0.6 is 0 Å². The van der Waals surface area contributed by atoms with Gasteiger partial charge in [-0.15, -0.1) is 0 Å². The summed E-state index contributed by atoms with van der Waals surface area (Å²) in [5, 5.41) is 0. The highest BCUT2D eigenvalue weighted by molar-refractivity contribution is 7.89. The van der Waals surface area contributed by atoms with E-state index >= 15 is 0 Å². The maximum Gasteiger partial charge on any atom is 0.214 e. The SMILES string of the molecule is CCCCS(=O)(=O)N1CCN(c2cccc(N)c2)CC1. The number of rotatable bonds is 5. The second kappa shape index (κ2) is 6.45. The standard InChI is InChI=1S/C14H23N3O2S/c1-2-3-11-20(18,19)17-9-7-16(8-10-17)14-6-4-5-13(15)12-14/h4-6,12H,2-3,7-11,15H2,1H3. The van der Waals surface area contributed by atoms with Crippen LogP contribution < -0.4 is 10.6 Å². The topological polar surface area (TPSA) is 66.6 Å². The molecule has 20 heavy (non-hydrogen) atoms. The van der Waals surface area contributed by atoms with Crippen molar-refractivity contribution in [1.82, 2.24) is 4.31 Å². The number of hydrogen-bond acceptors (Lipinski definition) is 4. The molecular weight excluding hydrogens is 274 g/mol. The third-order valence-corrected chi connectivity index (χ3v) is 5.58. The predicted octanol–water partition coefficient (Wildman–Crippen LogP) is 1.52. The number of nitrogen functional groups attached to an aromatic ring is 1. The van der Waals surface area contributed by atoms with E-state index in [0.717, 1.165) is 37.3 Å². The molecule has 1 aliphatic rings. The van der Waals surface area contributed by atoms with Crippen LogP contribution in [0, 0.1) is 0 Å². The van der Waals surface area contributed by atoms with E-state index < -0.39 is 10.0 Å². The fourth-order valence-electron chi connectivity index (χ4n) is 2.40. The number of benzene rings is 1. The normalized spacial score (nSPS) is 17.4. The maximum atomic E-state index is 12.1. The highest BCUT2D eigenvalue weighted by Gasteiger charge is 2.26. The smallest absolute Gasteiger partial charge is 0.214 e. The third kappa shape index (κ3) is 3.64.